The zero-order valence-electron chi connectivity index (χ0n) is 9.58. The van der Waals surface area contributed by atoms with Gasteiger partial charge in [-0.3, -0.25) is 0 Å². The van der Waals surface area contributed by atoms with E-state index in [-0.39, 0.29) is 12.4 Å². The molecule has 0 bridgehead atoms. The quantitative estimate of drug-likeness (QED) is 0.510. The zero-order chi connectivity index (χ0) is 12.8. The maximum absolute atomic E-state index is 13.3. The van der Waals surface area contributed by atoms with Crippen LogP contribution in [0.2, 0.25) is 0 Å². The lowest BCUT2D eigenvalue weighted by molar-refractivity contribution is 0.300. The van der Waals surface area contributed by atoms with Crippen LogP contribution in [0.15, 0.2) is 53.7 Å². The lowest BCUT2D eigenvalue weighted by Gasteiger charge is -2.07. The van der Waals surface area contributed by atoms with Gasteiger partial charge in [0, 0.05) is 5.56 Å². The van der Waals surface area contributed by atoms with Gasteiger partial charge in [-0.05, 0) is 35.9 Å². The molecule has 0 aliphatic rings. The monoisotopic (exact) mass is 245 g/mol. The molecule has 0 spiro atoms. The predicted octanol–water partition coefficient (Wildman–Crippen LogP) is 3.21. The molecule has 0 saturated carbocycles. The van der Waals surface area contributed by atoms with Gasteiger partial charge in [0.25, 0.3) is 0 Å². The van der Waals surface area contributed by atoms with Crippen molar-refractivity contribution in [3.8, 4) is 5.75 Å². The van der Waals surface area contributed by atoms with Gasteiger partial charge in [-0.1, -0.05) is 23.4 Å². The standard InChI is InChI=1S/C14H12FNO2/c15-14-4-2-1-3-12(14)10-18-13-7-5-11(6-8-13)9-16-17/h1-9,17H,10H2. The molecule has 0 fully saturated rings. The van der Waals surface area contributed by atoms with Gasteiger partial charge < -0.3 is 9.94 Å². The Bertz CT molecular complexity index is 538. The van der Waals surface area contributed by atoms with Gasteiger partial charge in [0.05, 0.1) is 6.21 Å². The van der Waals surface area contributed by atoms with E-state index in [9.17, 15) is 4.39 Å². The van der Waals surface area contributed by atoms with Crippen LogP contribution in [0.1, 0.15) is 11.1 Å². The highest BCUT2D eigenvalue weighted by molar-refractivity contribution is 5.79. The van der Waals surface area contributed by atoms with Gasteiger partial charge in [0.2, 0.25) is 0 Å². The number of hydrogen-bond donors (Lipinski definition) is 1. The van der Waals surface area contributed by atoms with Gasteiger partial charge in [0.1, 0.15) is 18.2 Å². The Morgan fingerprint density at radius 3 is 2.50 bits per heavy atom. The minimum Gasteiger partial charge on any atom is -0.489 e. The Morgan fingerprint density at radius 1 is 1.11 bits per heavy atom. The molecule has 3 nitrogen and oxygen atoms in total. The molecule has 0 radical (unpaired) electrons. The summed E-state index contributed by atoms with van der Waals surface area (Å²) >= 11 is 0. The topological polar surface area (TPSA) is 41.8 Å². The van der Waals surface area contributed by atoms with E-state index in [2.05, 4.69) is 5.16 Å². The summed E-state index contributed by atoms with van der Waals surface area (Å²) in [5.41, 5.74) is 1.27. The fourth-order valence-electron chi connectivity index (χ4n) is 1.49. The van der Waals surface area contributed by atoms with Crippen molar-refractivity contribution in [1.82, 2.24) is 0 Å². The second-order valence-corrected chi connectivity index (χ2v) is 3.69. The molecule has 2 rings (SSSR count). The van der Waals surface area contributed by atoms with Crippen LogP contribution in [-0.2, 0) is 6.61 Å². The first-order chi connectivity index (χ1) is 8.79. The Kier molecular flexibility index (Phi) is 3.91. The molecule has 92 valence electrons. The van der Waals surface area contributed by atoms with Crippen molar-refractivity contribution in [2.45, 2.75) is 6.61 Å². The molecule has 0 amide bonds. The van der Waals surface area contributed by atoms with Gasteiger partial charge in [-0.25, -0.2) is 4.39 Å². The van der Waals surface area contributed by atoms with E-state index in [4.69, 9.17) is 9.94 Å². The maximum Gasteiger partial charge on any atom is 0.129 e. The third-order valence-corrected chi connectivity index (χ3v) is 2.44. The van der Waals surface area contributed by atoms with Crippen molar-refractivity contribution >= 4 is 6.21 Å². The Balaban J connectivity index is 2.00. The average molecular weight is 245 g/mol. The number of benzene rings is 2. The number of rotatable bonds is 4. The molecule has 4 heteroatoms. The smallest absolute Gasteiger partial charge is 0.129 e. The minimum atomic E-state index is -0.276. The van der Waals surface area contributed by atoms with Gasteiger partial charge in [-0.2, -0.15) is 0 Å². The first-order valence-corrected chi connectivity index (χ1v) is 5.43. The molecule has 2 aromatic rings. The Morgan fingerprint density at radius 2 is 1.83 bits per heavy atom. The summed E-state index contributed by atoms with van der Waals surface area (Å²) in [6.45, 7) is 0.181. The third kappa shape index (κ3) is 3.07. The van der Waals surface area contributed by atoms with Gasteiger partial charge in [-0.15, -0.1) is 0 Å². The molecule has 0 aromatic heterocycles. The van der Waals surface area contributed by atoms with Crippen LogP contribution < -0.4 is 4.74 Å². The third-order valence-electron chi connectivity index (χ3n) is 2.44. The molecular weight excluding hydrogens is 233 g/mol. The highest BCUT2D eigenvalue weighted by atomic mass is 19.1. The number of ether oxygens (including phenoxy) is 1. The van der Waals surface area contributed by atoms with E-state index in [1.54, 1.807) is 42.5 Å². The molecule has 2 aromatic carbocycles. The summed E-state index contributed by atoms with van der Waals surface area (Å²) in [6, 6.07) is 13.5. The second-order valence-electron chi connectivity index (χ2n) is 3.69. The number of hydrogen-bond acceptors (Lipinski definition) is 3. The van der Waals surface area contributed by atoms with Crippen molar-refractivity contribution in [1.29, 1.82) is 0 Å². The SMILES string of the molecule is ON=Cc1ccc(OCc2ccccc2F)cc1. The van der Waals surface area contributed by atoms with E-state index in [1.807, 2.05) is 0 Å². The van der Waals surface area contributed by atoms with Crippen LogP contribution in [0.4, 0.5) is 4.39 Å². The van der Waals surface area contributed by atoms with Gasteiger partial charge in [0.15, 0.2) is 0 Å². The summed E-state index contributed by atoms with van der Waals surface area (Å²) in [5, 5.41) is 11.3. The first kappa shape index (κ1) is 12.1. The molecule has 0 aliphatic heterocycles. The summed E-state index contributed by atoms with van der Waals surface area (Å²) < 4.78 is 18.8. The van der Waals surface area contributed by atoms with E-state index < -0.39 is 0 Å². The zero-order valence-corrected chi connectivity index (χ0v) is 9.58. The van der Waals surface area contributed by atoms with E-state index >= 15 is 0 Å². The molecular formula is C14H12FNO2. The molecule has 0 heterocycles. The molecule has 0 atom stereocenters. The fourth-order valence-corrected chi connectivity index (χ4v) is 1.49. The van der Waals surface area contributed by atoms with Crippen molar-refractivity contribution < 1.29 is 14.3 Å². The van der Waals surface area contributed by atoms with Crippen LogP contribution in [0.25, 0.3) is 0 Å². The number of nitrogens with zero attached hydrogens (tertiary/aromatic N) is 1. The van der Waals surface area contributed by atoms with Crippen LogP contribution in [0, 0.1) is 5.82 Å². The molecule has 18 heavy (non-hydrogen) atoms. The van der Waals surface area contributed by atoms with Crippen molar-refractivity contribution in [2.24, 2.45) is 5.16 Å². The van der Waals surface area contributed by atoms with Gasteiger partial charge >= 0.3 is 0 Å². The molecule has 0 unspecified atom stereocenters. The average Bonchev–Trinajstić information content (AvgIpc) is 2.40. The highest BCUT2D eigenvalue weighted by Crippen LogP contribution is 2.14. The molecule has 0 aliphatic carbocycles. The van der Waals surface area contributed by atoms with E-state index in [0.717, 1.165) is 5.56 Å². The van der Waals surface area contributed by atoms with Crippen LogP contribution in [-0.4, -0.2) is 11.4 Å². The fraction of sp³-hybridized carbons (Fsp3) is 0.0714. The second kappa shape index (κ2) is 5.82. The Labute approximate surface area is 104 Å². The van der Waals surface area contributed by atoms with Crippen LogP contribution >= 0.6 is 0 Å². The van der Waals surface area contributed by atoms with Crippen LogP contribution in [0.3, 0.4) is 0 Å². The summed E-state index contributed by atoms with van der Waals surface area (Å²) in [4.78, 5) is 0. The van der Waals surface area contributed by atoms with Crippen molar-refractivity contribution in [2.75, 3.05) is 0 Å². The van der Waals surface area contributed by atoms with Crippen molar-refractivity contribution in [3.05, 3.63) is 65.5 Å². The Hall–Kier alpha value is -2.36. The number of oxime groups is 1. The minimum absolute atomic E-state index is 0.181. The maximum atomic E-state index is 13.3. The van der Waals surface area contributed by atoms with E-state index in [1.165, 1.54) is 12.3 Å². The van der Waals surface area contributed by atoms with Crippen LogP contribution in [0.5, 0.6) is 5.75 Å². The normalized spacial score (nSPS) is 10.7. The summed E-state index contributed by atoms with van der Waals surface area (Å²) in [5.74, 6) is 0.356. The summed E-state index contributed by atoms with van der Waals surface area (Å²) in [7, 11) is 0. The molecule has 1 N–H and O–H groups in total. The highest BCUT2D eigenvalue weighted by Gasteiger charge is 2.01. The largest absolute Gasteiger partial charge is 0.489 e. The summed E-state index contributed by atoms with van der Waals surface area (Å²) in [6.07, 6.45) is 1.32. The lowest BCUT2D eigenvalue weighted by Crippen LogP contribution is -1.98. The molecule has 0 saturated heterocycles. The lowest BCUT2D eigenvalue weighted by atomic mass is 10.2. The first-order valence-electron chi connectivity index (χ1n) is 5.43. The van der Waals surface area contributed by atoms with Crippen molar-refractivity contribution in [3.63, 3.8) is 0 Å². The number of halogens is 1. The van der Waals surface area contributed by atoms with E-state index in [0.29, 0.717) is 11.3 Å². The predicted molar refractivity (Wildman–Crippen MR) is 66.6 cm³/mol.